The van der Waals surface area contributed by atoms with Crippen molar-refractivity contribution in [2.75, 3.05) is 7.11 Å². The van der Waals surface area contributed by atoms with E-state index in [2.05, 4.69) is 5.06 Å². The Bertz CT molecular complexity index is 391. The topological polar surface area (TPSA) is 51.0 Å². The van der Waals surface area contributed by atoms with Crippen LogP contribution in [0.25, 0.3) is 0 Å². The summed E-state index contributed by atoms with van der Waals surface area (Å²) in [5, 5.41) is 13.5. The second kappa shape index (κ2) is 5.82. The summed E-state index contributed by atoms with van der Waals surface area (Å²) in [7, 11) is 6.49. The van der Waals surface area contributed by atoms with E-state index in [1.807, 2.05) is 13.8 Å². The first-order valence-electron chi connectivity index (χ1n) is 5.59. The van der Waals surface area contributed by atoms with E-state index in [1.54, 1.807) is 18.2 Å². The third-order valence-electron chi connectivity index (χ3n) is 3.02. The third-order valence-corrected chi connectivity index (χ3v) is 3.02. The van der Waals surface area contributed by atoms with Gasteiger partial charge in [0.1, 0.15) is 0 Å². The number of methoxy groups -OCH3 is 1. The fraction of sp³-hybridized carbons (Fsp3) is 0.500. The van der Waals surface area contributed by atoms with Gasteiger partial charge in [-0.25, -0.2) is 0 Å². The van der Waals surface area contributed by atoms with Crippen molar-refractivity contribution in [1.82, 2.24) is 0 Å². The zero-order valence-corrected chi connectivity index (χ0v) is 10.4. The molecule has 0 spiro atoms. The number of hydrogen-bond donors (Lipinski definition) is 1. The molecular formula is C12H17BNO3. The van der Waals surface area contributed by atoms with Crippen LogP contribution in [0.2, 0.25) is 0 Å². The van der Waals surface area contributed by atoms with E-state index in [1.165, 1.54) is 7.11 Å². The Morgan fingerprint density at radius 3 is 2.41 bits per heavy atom. The van der Waals surface area contributed by atoms with Gasteiger partial charge in [0.2, 0.25) is 0 Å². The van der Waals surface area contributed by atoms with Crippen LogP contribution in [0.5, 0.6) is 11.5 Å². The van der Waals surface area contributed by atoms with Crippen molar-refractivity contribution in [3.05, 3.63) is 23.8 Å². The van der Waals surface area contributed by atoms with Crippen molar-refractivity contribution >= 4 is 7.64 Å². The van der Waals surface area contributed by atoms with Crippen LogP contribution in [0, 0.1) is 0 Å². The van der Waals surface area contributed by atoms with E-state index in [-0.39, 0.29) is 0 Å². The molecule has 91 valence electrons. The maximum absolute atomic E-state index is 10.4. The number of nitrogens with zero attached hydrogens (tertiary/aromatic N) is 1. The van der Waals surface area contributed by atoms with Crippen LogP contribution in [-0.2, 0) is 5.60 Å². The summed E-state index contributed by atoms with van der Waals surface area (Å²) in [6.07, 6.45) is 1.27. The van der Waals surface area contributed by atoms with Crippen LogP contribution in [-0.4, -0.2) is 19.9 Å². The average molecular weight is 234 g/mol. The van der Waals surface area contributed by atoms with Crippen molar-refractivity contribution in [3.8, 4) is 11.5 Å². The van der Waals surface area contributed by atoms with E-state index in [9.17, 15) is 5.11 Å². The van der Waals surface area contributed by atoms with Gasteiger partial charge in [0.05, 0.1) is 0 Å². The molecule has 4 nitrogen and oxygen atoms in total. The first-order chi connectivity index (χ1) is 8.11. The molecule has 5 heteroatoms. The Balaban J connectivity index is 3.16. The van der Waals surface area contributed by atoms with Gasteiger partial charge < -0.3 is 0 Å². The van der Waals surface area contributed by atoms with Crippen LogP contribution < -0.4 is 9.57 Å². The predicted octanol–water partition coefficient (Wildman–Crippen LogP) is 2.35. The van der Waals surface area contributed by atoms with Gasteiger partial charge in [0, 0.05) is 0 Å². The Labute approximate surface area is 103 Å². The zero-order valence-electron chi connectivity index (χ0n) is 10.4. The summed E-state index contributed by atoms with van der Waals surface area (Å²) in [5.74, 6) is 0.922. The number of benzene rings is 1. The molecule has 1 N–H and O–H groups in total. The van der Waals surface area contributed by atoms with Crippen LogP contribution >= 0.6 is 0 Å². The molecule has 0 aromatic heterocycles. The van der Waals surface area contributed by atoms with Gasteiger partial charge in [-0.15, -0.1) is 0 Å². The monoisotopic (exact) mass is 234 g/mol. The van der Waals surface area contributed by atoms with Gasteiger partial charge in [-0.05, 0) is 0 Å². The molecule has 0 heterocycles. The minimum atomic E-state index is -0.842. The fourth-order valence-corrected chi connectivity index (χ4v) is 1.75. The fourth-order valence-electron chi connectivity index (χ4n) is 1.75. The molecule has 0 atom stereocenters. The van der Waals surface area contributed by atoms with Crippen molar-refractivity contribution in [2.45, 2.75) is 32.3 Å². The summed E-state index contributed by atoms with van der Waals surface area (Å²) in [4.78, 5) is 4.86. The maximum atomic E-state index is 10.4. The standard InChI is InChI=1S/C12H17BNO3/c1-4-12(15,5-2)9-6-7-10(17-14-13)11(8-9)16-3/h6-8,15H,4-5H2,1-3H3. The SMILES string of the molecule is [B]=NOc1ccc(C(O)(CC)CC)cc1OC. The Kier molecular flexibility index (Phi) is 4.69. The van der Waals surface area contributed by atoms with Gasteiger partial charge in [-0.2, -0.15) is 0 Å². The van der Waals surface area contributed by atoms with Gasteiger partial charge in [-0.1, -0.05) is 0 Å². The van der Waals surface area contributed by atoms with Crippen molar-refractivity contribution < 1.29 is 14.7 Å². The molecule has 1 rings (SSSR count). The van der Waals surface area contributed by atoms with Crippen molar-refractivity contribution in [3.63, 3.8) is 0 Å². The molecule has 0 aliphatic heterocycles. The normalized spacial score (nSPS) is 11.0. The molecule has 0 saturated carbocycles. The molecule has 0 aliphatic rings. The number of rotatable bonds is 6. The van der Waals surface area contributed by atoms with E-state index in [0.29, 0.717) is 24.3 Å². The molecule has 0 fully saturated rings. The Morgan fingerprint density at radius 2 is 1.94 bits per heavy atom. The van der Waals surface area contributed by atoms with Crippen LogP contribution in [0.1, 0.15) is 32.3 Å². The van der Waals surface area contributed by atoms with Crippen LogP contribution in [0.15, 0.2) is 23.3 Å². The molecule has 1 radical (unpaired) electrons. The summed E-state index contributed by atoms with van der Waals surface area (Å²) >= 11 is 0. The first-order valence-corrected chi connectivity index (χ1v) is 5.59. The van der Waals surface area contributed by atoms with E-state index in [0.717, 1.165) is 5.56 Å². The molecule has 0 amide bonds. The number of ether oxygens (including phenoxy) is 1. The Morgan fingerprint density at radius 1 is 1.29 bits per heavy atom. The van der Waals surface area contributed by atoms with Gasteiger partial charge >= 0.3 is 102 Å². The van der Waals surface area contributed by atoms with E-state index >= 15 is 0 Å². The van der Waals surface area contributed by atoms with E-state index < -0.39 is 5.60 Å². The molecule has 1 aromatic carbocycles. The summed E-state index contributed by atoms with van der Waals surface area (Å²) in [6.45, 7) is 3.88. The molecule has 0 unspecified atom stereocenters. The molecule has 1 aromatic rings. The summed E-state index contributed by atoms with van der Waals surface area (Å²) in [6, 6.07) is 5.21. The van der Waals surface area contributed by atoms with Gasteiger partial charge in [-0.3, -0.25) is 0 Å². The quantitative estimate of drug-likeness (QED) is 0.607. The summed E-state index contributed by atoms with van der Waals surface area (Å²) < 4.78 is 5.17. The number of aliphatic hydroxyl groups is 1. The Hall–Kier alpha value is -1.36. The average Bonchev–Trinajstić information content (AvgIpc) is 2.38. The van der Waals surface area contributed by atoms with E-state index in [4.69, 9.17) is 17.2 Å². The van der Waals surface area contributed by atoms with Crippen molar-refractivity contribution in [2.24, 2.45) is 5.06 Å². The van der Waals surface area contributed by atoms with Gasteiger partial charge in [0.25, 0.3) is 0 Å². The van der Waals surface area contributed by atoms with Crippen LogP contribution in [0.3, 0.4) is 0 Å². The van der Waals surface area contributed by atoms with Crippen molar-refractivity contribution in [1.29, 1.82) is 0 Å². The molecule has 17 heavy (non-hydrogen) atoms. The summed E-state index contributed by atoms with van der Waals surface area (Å²) in [5.41, 5.74) is -0.0465. The first kappa shape index (κ1) is 13.7. The number of hydrogen-bond acceptors (Lipinski definition) is 4. The second-order valence-electron chi connectivity index (χ2n) is 3.80. The van der Waals surface area contributed by atoms with Crippen LogP contribution in [0.4, 0.5) is 0 Å². The third kappa shape index (κ3) is 2.85. The molecular weight excluding hydrogens is 217 g/mol. The molecule has 0 bridgehead atoms. The van der Waals surface area contributed by atoms with Gasteiger partial charge in [0.15, 0.2) is 0 Å². The zero-order chi connectivity index (χ0) is 12.9. The minimum absolute atomic E-state index is 0.424. The molecule has 0 saturated heterocycles. The second-order valence-corrected chi connectivity index (χ2v) is 3.80. The predicted molar refractivity (Wildman–Crippen MR) is 66.3 cm³/mol. The molecule has 0 aliphatic carbocycles.